The highest BCUT2D eigenvalue weighted by molar-refractivity contribution is 9.10. The first-order chi connectivity index (χ1) is 12.2. The van der Waals surface area contributed by atoms with E-state index in [1.165, 1.54) is 0 Å². The lowest BCUT2D eigenvalue weighted by Crippen LogP contribution is -2.09. The number of nitrogens with one attached hydrogen (secondary N) is 1. The Bertz CT molecular complexity index is 1110. The van der Waals surface area contributed by atoms with E-state index in [1.807, 2.05) is 66.7 Å². The van der Waals surface area contributed by atoms with Crippen molar-refractivity contribution < 1.29 is 4.74 Å². The van der Waals surface area contributed by atoms with Crippen LogP contribution in [0.1, 0.15) is 0 Å². The summed E-state index contributed by atoms with van der Waals surface area (Å²) in [6.07, 6.45) is 0. The average Bonchev–Trinajstić information content (AvgIpc) is 2.64. The van der Waals surface area contributed by atoms with Gasteiger partial charge in [0.1, 0.15) is 17.3 Å². The van der Waals surface area contributed by atoms with E-state index >= 15 is 0 Å². The number of fused-ring (bicyclic) bond motifs is 1. The van der Waals surface area contributed by atoms with Gasteiger partial charge in [-0.15, -0.1) is 0 Å². The fraction of sp³-hybridized carbons (Fsp3) is 0. The topological polar surface area (TPSA) is 55.0 Å². The Morgan fingerprint density at radius 1 is 0.920 bits per heavy atom. The van der Waals surface area contributed by atoms with Gasteiger partial charge in [0.15, 0.2) is 0 Å². The van der Waals surface area contributed by atoms with E-state index in [9.17, 15) is 4.79 Å². The number of halogens is 1. The van der Waals surface area contributed by atoms with E-state index in [-0.39, 0.29) is 5.56 Å². The quantitative estimate of drug-likeness (QED) is 0.524. The molecule has 0 atom stereocenters. The molecule has 5 heteroatoms. The van der Waals surface area contributed by atoms with Gasteiger partial charge in [-0.25, -0.2) is 4.98 Å². The minimum atomic E-state index is -0.152. The van der Waals surface area contributed by atoms with Crippen molar-refractivity contribution in [3.63, 3.8) is 0 Å². The van der Waals surface area contributed by atoms with E-state index in [2.05, 4.69) is 25.9 Å². The van der Waals surface area contributed by atoms with Crippen molar-refractivity contribution in [3.05, 3.63) is 87.6 Å². The van der Waals surface area contributed by atoms with Crippen LogP contribution in [0.25, 0.3) is 22.3 Å². The molecule has 0 radical (unpaired) electrons. The zero-order chi connectivity index (χ0) is 17.2. The summed E-state index contributed by atoms with van der Waals surface area (Å²) in [5, 5.41) is 0.578. The van der Waals surface area contributed by atoms with Crippen LogP contribution in [-0.4, -0.2) is 9.97 Å². The van der Waals surface area contributed by atoms with Crippen molar-refractivity contribution in [2.45, 2.75) is 0 Å². The van der Waals surface area contributed by atoms with E-state index in [0.29, 0.717) is 22.5 Å². The number of nitrogens with zero attached hydrogens (tertiary/aromatic N) is 1. The predicted molar refractivity (Wildman–Crippen MR) is 102 cm³/mol. The SMILES string of the molecule is O=c1[nH]c(-c2ccc(Oc3ccccc3)c(Br)c2)nc2ccccc12. The second kappa shape index (κ2) is 6.53. The first kappa shape index (κ1) is 15.6. The molecule has 1 aromatic heterocycles. The van der Waals surface area contributed by atoms with Crippen LogP contribution in [0.15, 0.2) is 82.1 Å². The normalized spacial score (nSPS) is 10.8. The molecule has 25 heavy (non-hydrogen) atoms. The lowest BCUT2D eigenvalue weighted by molar-refractivity contribution is 0.480. The predicted octanol–water partition coefficient (Wildman–Crippen LogP) is 5.14. The summed E-state index contributed by atoms with van der Waals surface area (Å²) < 4.78 is 6.64. The molecule has 0 saturated heterocycles. The van der Waals surface area contributed by atoms with Gasteiger partial charge >= 0.3 is 0 Å². The number of hydrogen-bond acceptors (Lipinski definition) is 3. The van der Waals surface area contributed by atoms with Gasteiger partial charge in [0, 0.05) is 5.56 Å². The van der Waals surface area contributed by atoms with Gasteiger partial charge in [-0.1, -0.05) is 30.3 Å². The Balaban J connectivity index is 1.72. The Hall–Kier alpha value is -2.92. The maximum Gasteiger partial charge on any atom is 0.259 e. The Labute approximate surface area is 152 Å². The maximum absolute atomic E-state index is 12.2. The highest BCUT2D eigenvalue weighted by Gasteiger charge is 2.09. The summed E-state index contributed by atoms with van der Waals surface area (Å²) in [6.45, 7) is 0. The van der Waals surface area contributed by atoms with Crippen LogP contribution < -0.4 is 10.3 Å². The molecule has 0 aliphatic heterocycles. The van der Waals surface area contributed by atoms with E-state index in [1.54, 1.807) is 6.07 Å². The van der Waals surface area contributed by atoms with Gasteiger partial charge in [0.2, 0.25) is 0 Å². The van der Waals surface area contributed by atoms with Gasteiger partial charge in [0.25, 0.3) is 5.56 Å². The minimum absolute atomic E-state index is 0.152. The lowest BCUT2D eigenvalue weighted by Gasteiger charge is -2.09. The number of benzene rings is 3. The molecular formula is C20H13BrN2O2. The van der Waals surface area contributed by atoms with Crippen LogP contribution in [0.3, 0.4) is 0 Å². The Kier molecular flexibility index (Phi) is 4.07. The maximum atomic E-state index is 12.2. The smallest absolute Gasteiger partial charge is 0.259 e. The van der Waals surface area contributed by atoms with Gasteiger partial charge in [-0.3, -0.25) is 4.79 Å². The zero-order valence-corrected chi connectivity index (χ0v) is 14.7. The molecule has 4 rings (SSSR count). The third-order valence-corrected chi connectivity index (χ3v) is 4.41. The highest BCUT2D eigenvalue weighted by atomic mass is 79.9. The largest absolute Gasteiger partial charge is 0.456 e. The zero-order valence-electron chi connectivity index (χ0n) is 13.1. The first-order valence-electron chi connectivity index (χ1n) is 7.72. The molecule has 0 aliphatic rings. The summed E-state index contributed by atoms with van der Waals surface area (Å²) in [5.41, 5.74) is 1.32. The Morgan fingerprint density at radius 2 is 1.68 bits per heavy atom. The third-order valence-electron chi connectivity index (χ3n) is 3.79. The number of ether oxygens (including phenoxy) is 1. The molecule has 4 nitrogen and oxygen atoms in total. The van der Waals surface area contributed by atoms with Crippen molar-refractivity contribution in [1.82, 2.24) is 9.97 Å². The molecule has 0 aliphatic carbocycles. The summed E-state index contributed by atoms with van der Waals surface area (Å²) >= 11 is 3.53. The third kappa shape index (κ3) is 3.19. The molecule has 0 bridgehead atoms. The van der Waals surface area contributed by atoms with Gasteiger partial charge in [0.05, 0.1) is 15.4 Å². The molecule has 0 saturated carbocycles. The number of para-hydroxylation sites is 2. The van der Waals surface area contributed by atoms with Crippen molar-refractivity contribution in [1.29, 1.82) is 0 Å². The summed E-state index contributed by atoms with van der Waals surface area (Å²) in [7, 11) is 0. The van der Waals surface area contributed by atoms with E-state index in [4.69, 9.17) is 4.74 Å². The van der Waals surface area contributed by atoms with Gasteiger partial charge in [-0.2, -0.15) is 0 Å². The molecule has 1 heterocycles. The first-order valence-corrected chi connectivity index (χ1v) is 8.52. The molecular weight excluding hydrogens is 380 g/mol. The summed E-state index contributed by atoms with van der Waals surface area (Å²) in [4.78, 5) is 19.6. The van der Waals surface area contributed by atoms with Crippen molar-refractivity contribution in [2.24, 2.45) is 0 Å². The van der Waals surface area contributed by atoms with Gasteiger partial charge in [-0.05, 0) is 58.4 Å². The average molecular weight is 393 g/mol. The van der Waals surface area contributed by atoms with Crippen molar-refractivity contribution in [2.75, 3.05) is 0 Å². The molecule has 0 unspecified atom stereocenters. The lowest BCUT2D eigenvalue weighted by atomic mass is 10.2. The monoisotopic (exact) mass is 392 g/mol. The Morgan fingerprint density at radius 3 is 2.48 bits per heavy atom. The number of H-pyrrole nitrogens is 1. The molecule has 0 spiro atoms. The highest BCUT2D eigenvalue weighted by Crippen LogP contribution is 2.32. The van der Waals surface area contributed by atoms with Crippen LogP contribution in [0.2, 0.25) is 0 Å². The number of rotatable bonds is 3. The van der Waals surface area contributed by atoms with E-state index in [0.717, 1.165) is 15.8 Å². The van der Waals surface area contributed by atoms with Crippen LogP contribution in [0.5, 0.6) is 11.5 Å². The van der Waals surface area contributed by atoms with Crippen LogP contribution >= 0.6 is 15.9 Å². The number of aromatic amines is 1. The molecule has 1 N–H and O–H groups in total. The van der Waals surface area contributed by atoms with Crippen molar-refractivity contribution in [3.8, 4) is 22.9 Å². The summed E-state index contributed by atoms with van der Waals surface area (Å²) in [6, 6.07) is 22.4. The van der Waals surface area contributed by atoms with E-state index < -0.39 is 0 Å². The van der Waals surface area contributed by atoms with Crippen LogP contribution in [-0.2, 0) is 0 Å². The van der Waals surface area contributed by atoms with Gasteiger partial charge < -0.3 is 9.72 Å². The number of hydrogen-bond donors (Lipinski definition) is 1. The fourth-order valence-electron chi connectivity index (χ4n) is 2.57. The molecule has 122 valence electrons. The number of aromatic nitrogens is 2. The molecule has 0 fully saturated rings. The van der Waals surface area contributed by atoms with Crippen molar-refractivity contribution >= 4 is 26.8 Å². The second-order valence-corrected chi connectivity index (χ2v) is 6.35. The minimum Gasteiger partial charge on any atom is -0.456 e. The molecule has 3 aromatic carbocycles. The molecule has 4 aromatic rings. The van der Waals surface area contributed by atoms with Crippen LogP contribution in [0.4, 0.5) is 0 Å². The van der Waals surface area contributed by atoms with Crippen LogP contribution in [0, 0.1) is 0 Å². The standard InChI is InChI=1S/C20H13BrN2O2/c21-16-12-13(10-11-18(16)25-14-6-2-1-3-7-14)19-22-17-9-5-4-8-15(17)20(24)23-19/h1-12H,(H,22,23,24). The second-order valence-electron chi connectivity index (χ2n) is 5.49. The molecule has 0 amide bonds. The fourth-order valence-corrected chi connectivity index (χ4v) is 3.03. The summed E-state index contributed by atoms with van der Waals surface area (Å²) in [5.74, 6) is 1.97.